The van der Waals surface area contributed by atoms with Crippen molar-refractivity contribution in [1.29, 1.82) is 0 Å². The highest BCUT2D eigenvalue weighted by Crippen LogP contribution is 2.26. The van der Waals surface area contributed by atoms with E-state index in [4.69, 9.17) is 4.74 Å². The van der Waals surface area contributed by atoms with E-state index in [9.17, 15) is 4.79 Å². The first-order chi connectivity index (χ1) is 13.0. The van der Waals surface area contributed by atoms with E-state index in [1.54, 1.807) is 17.9 Å². The van der Waals surface area contributed by atoms with Gasteiger partial charge in [0.1, 0.15) is 5.75 Å². The summed E-state index contributed by atoms with van der Waals surface area (Å²) < 4.78 is 6.84. The first kappa shape index (κ1) is 18.9. The topological polar surface area (TPSA) is 81.9 Å². The average Bonchev–Trinajstić information content (AvgIpc) is 3.09. The van der Waals surface area contributed by atoms with Gasteiger partial charge >= 0.3 is 0 Å². The molecule has 0 saturated carbocycles. The number of carbonyl (C=O) groups excluding carboxylic acids is 1. The van der Waals surface area contributed by atoms with Crippen LogP contribution in [-0.4, -0.2) is 38.5 Å². The summed E-state index contributed by atoms with van der Waals surface area (Å²) in [6, 6.07) is 13.3. The highest BCUT2D eigenvalue weighted by molar-refractivity contribution is 8.00. The van der Waals surface area contributed by atoms with E-state index < -0.39 is 0 Å². The third kappa shape index (κ3) is 4.46. The Kier molecular flexibility index (Phi) is 5.75. The second-order valence-electron chi connectivity index (χ2n) is 6.14. The van der Waals surface area contributed by atoms with Crippen molar-refractivity contribution >= 4 is 23.4 Å². The number of hydrogen-bond acceptors (Lipinski definition) is 6. The molecule has 0 radical (unpaired) electrons. The number of aryl methyl sites for hydroxylation is 2. The molecule has 8 heteroatoms. The number of ether oxygens (including phenoxy) is 1. The molecule has 0 aliphatic heterocycles. The van der Waals surface area contributed by atoms with Gasteiger partial charge in [0.05, 0.1) is 18.0 Å². The number of carbonyl (C=O) groups is 1. The molecule has 3 aromatic rings. The van der Waals surface area contributed by atoms with Crippen LogP contribution in [0.3, 0.4) is 0 Å². The fraction of sp³-hybridized carbons (Fsp3) is 0.263. The largest absolute Gasteiger partial charge is 0.497 e. The van der Waals surface area contributed by atoms with Crippen LogP contribution in [0.2, 0.25) is 0 Å². The number of aromatic nitrogens is 4. The monoisotopic (exact) mass is 383 g/mol. The SMILES string of the molecule is COc1cccc(NC(=O)[C@@H](C)Sc2nnnn2-c2ccc(C)cc2C)c1. The van der Waals surface area contributed by atoms with Crippen LogP contribution in [0.4, 0.5) is 5.69 Å². The molecule has 2 aromatic carbocycles. The maximum absolute atomic E-state index is 12.5. The molecule has 1 amide bonds. The van der Waals surface area contributed by atoms with Gasteiger partial charge in [-0.3, -0.25) is 4.79 Å². The van der Waals surface area contributed by atoms with Crippen LogP contribution in [-0.2, 0) is 4.79 Å². The normalized spacial score (nSPS) is 11.9. The minimum Gasteiger partial charge on any atom is -0.497 e. The van der Waals surface area contributed by atoms with Crippen molar-refractivity contribution in [3.63, 3.8) is 0 Å². The zero-order valence-electron chi connectivity index (χ0n) is 15.6. The fourth-order valence-electron chi connectivity index (χ4n) is 2.60. The Labute approximate surface area is 162 Å². The van der Waals surface area contributed by atoms with Crippen LogP contribution in [0.25, 0.3) is 5.69 Å². The molecule has 0 spiro atoms. The molecule has 1 atom stereocenters. The number of benzene rings is 2. The maximum Gasteiger partial charge on any atom is 0.237 e. The van der Waals surface area contributed by atoms with Crippen LogP contribution in [0.5, 0.6) is 5.75 Å². The number of thioether (sulfide) groups is 1. The standard InChI is InChI=1S/C19H21N5O2S/c1-12-8-9-17(13(2)10-12)24-19(21-22-23-24)27-14(3)18(25)20-15-6-5-7-16(11-15)26-4/h5-11,14H,1-4H3,(H,20,25)/t14-/m1/s1. The van der Waals surface area contributed by atoms with Crippen molar-refractivity contribution in [2.24, 2.45) is 0 Å². The summed E-state index contributed by atoms with van der Waals surface area (Å²) in [6.07, 6.45) is 0. The molecule has 0 aliphatic rings. The number of amides is 1. The van der Waals surface area contributed by atoms with Gasteiger partial charge in [0.25, 0.3) is 0 Å². The summed E-state index contributed by atoms with van der Waals surface area (Å²) in [4.78, 5) is 12.5. The molecule has 140 valence electrons. The second kappa shape index (κ2) is 8.22. The summed E-state index contributed by atoms with van der Waals surface area (Å²) in [7, 11) is 1.59. The molecule has 1 heterocycles. The molecule has 0 unspecified atom stereocenters. The molecular weight excluding hydrogens is 362 g/mol. The molecule has 0 fully saturated rings. The number of anilines is 1. The third-order valence-corrected chi connectivity index (χ3v) is 5.04. The number of nitrogens with one attached hydrogen (secondary N) is 1. The molecule has 0 bridgehead atoms. The highest BCUT2D eigenvalue weighted by atomic mass is 32.2. The summed E-state index contributed by atoms with van der Waals surface area (Å²) >= 11 is 1.31. The molecule has 27 heavy (non-hydrogen) atoms. The Bertz CT molecular complexity index is 957. The molecule has 1 N–H and O–H groups in total. The minimum atomic E-state index is -0.383. The van der Waals surface area contributed by atoms with E-state index in [-0.39, 0.29) is 11.2 Å². The van der Waals surface area contributed by atoms with Crippen LogP contribution in [0.1, 0.15) is 18.1 Å². The van der Waals surface area contributed by atoms with Gasteiger partial charge in [-0.15, -0.1) is 5.10 Å². The van der Waals surface area contributed by atoms with Crippen LogP contribution in [0.15, 0.2) is 47.6 Å². The van der Waals surface area contributed by atoms with Crippen LogP contribution in [0, 0.1) is 13.8 Å². The van der Waals surface area contributed by atoms with Crippen molar-refractivity contribution < 1.29 is 9.53 Å². The van der Waals surface area contributed by atoms with Gasteiger partial charge in [0.15, 0.2) is 0 Å². The maximum atomic E-state index is 12.5. The molecule has 0 aliphatic carbocycles. The Morgan fingerprint density at radius 3 is 2.78 bits per heavy atom. The second-order valence-corrected chi connectivity index (χ2v) is 7.45. The van der Waals surface area contributed by atoms with Gasteiger partial charge < -0.3 is 10.1 Å². The van der Waals surface area contributed by atoms with E-state index in [0.717, 1.165) is 11.3 Å². The zero-order chi connectivity index (χ0) is 19.4. The van der Waals surface area contributed by atoms with E-state index in [2.05, 4.69) is 26.9 Å². The first-order valence-electron chi connectivity index (χ1n) is 8.45. The van der Waals surface area contributed by atoms with Crippen LogP contribution >= 0.6 is 11.8 Å². The van der Waals surface area contributed by atoms with Crippen LogP contribution < -0.4 is 10.1 Å². The quantitative estimate of drug-likeness (QED) is 0.657. The first-order valence-corrected chi connectivity index (χ1v) is 9.33. The summed E-state index contributed by atoms with van der Waals surface area (Å²) in [5, 5.41) is 15.0. The lowest BCUT2D eigenvalue weighted by Gasteiger charge is -2.13. The fourth-order valence-corrected chi connectivity index (χ4v) is 3.40. The lowest BCUT2D eigenvalue weighted by Crippen LogP contribution is -2.23. The van der Waals surface area contributed by atoms with Gasteiger partial charge in [-0.05, 0) is 55.0 Å². The lowest BCUT2D eigenvalue weighted by molar-refractivity contribution is -0.115. The van der Waals surface area contributed by atoms with E-state index in [1.807, 2.05) is 51.1 Å². The minimum absolute atomic E-state index is 0.136. The van der Waals surface area contributed by atoms with Gasteiger partial charge in [-0.25, -0.2) is 0 Å². The average molecular weight is 383 g/mol. The molecule has 1 aromatic heterocycles. The molecule has 3 rings (SSSR count). The van der Waals surface area contributed by atoms with Crippen molar-refractivity contribution in [2.75, 3.05) is 12.4 Å². The van der Waals surface area contributed by atoms with E-state index in [1.165, 1.54) is 17.3 Å². The number of hydrogen-bond donors (Lipinski definition) is 1. The smallest absolute Gasteiger partial charge is 0.237 e. The summed E-state index contributed by atoms with van der Waals surface area (Å²) in [5.41, 5.74) is 3.82. The van der Waals surface area contributed by atoms with E-state index in [0.29, 0.717) is 16.6 Å². The molecule has 0 saturated heterocycles. The molecular formula is C19H21N5O2S. The van der Waals surface area contributed by atoms with Crippen molar-refractivity contribution in [3.05, 3.63) is 53.6 Å². The number of methoxy groups -OCH3 is 1. The van der Waals surface area contributed by atoms with Crippen molar-refractivity contribution in [1.82, 2.24) is 20.2 Å². The lowest BCUT2D eigenvalue weighted by atomic mass is 10.1. The summed E-state index contributed by atoms with van der Waals surface area (Å²) in [5.74, 6) is 0.551. The zero-order valence-corrected chi connectivity index (χ0v) is 16.4. The van der Waals surface area contributed by atoms with Gasteiger partial charge in [-0.1, -0.05) is 35.5 Å². The van der Waals surface area contributed by atoms with Gasteiger partial charge in [-0.2, -0.15) is 4.68 Å². The predicted octanol–water partition coefficient (Wildman–Crippen LogP) is 3.41. The predicted molar refractivity (Wildman–Crippen MR) is 106 cm³/mol. The van der Waals surface area contributed by atoms with Crippen molar-refractivity contribution in [3.8, 4) is 11.4 Å². The third-order valence-electron chi connectivity index (χ3n) is 4.01. The number of nitrogens with zero attached hydrogens (tertiary/aromatic N) is 4. The number of tetrazole rings is 1. The molecule has 7 nitrogen and oxygen atoms in total. The Morgan fingerprint density at radius 2 is 2.04 bits per heavy atom. The van der Waals surface area contributed by atoms with Gasteiger partial charge in [0.2, 0.25) is 11.1 Å². The Balaban J connectivity index is 1.73. The Hall–Kier alpha value is -2.87. The van der Waals surface area contributed by atoms with Gasteiger partial charge in [0, 0.05) is 11.8 Å². The Morgan fingerprint density at radius 1 is 1.22 bits per heavy atom. The summed E-state index contributed by atoms with van der Waals surface area (Å²) in [6.45, 7) is 5.87. The number of rotatable bonds is 6. The van der Waals surface area contributed by atoms with Crippen molar-refractivity contribution in [2.45, 2.75) is 31.2 Å². The van der Waals surface area contributed by atoms with E-state index >= 15 is 0 Å². The highest BCUT2D eigenvalue weighted by Gasteiger charge is 2.20.